The van der Waals surface area contributed by atoms with Gasteiger partial charge in [-0.2, -0.15) is 16.8 Å². The van der Waals surface area contributed by atoms with Crippen LogP contribution in [-0.2, 0) is 38.1 Å². The topological polar surface area (TPSA) is 105 Å². The van der Waals surface area contributed by atoms with Crippen molar-refractivity contribution in [1.82, 2.24) is 0 Å². The molecule has 0 aromatic carbocycles. The quantitative estimate of drug-likeness (QED) is 0.605. The van der Waals surface area contributed by atoms with Crippen LogP contribution in [0.1, 0.15) is 12.8 Å². The third kappa shape index (κ3) is 5.15. The van der Waals surface area contributed by atoms with Crippen LogP contribution in [0.2, 0.25) is 0 Å². The highest BCUT2D eigenvalue weighted by molar-refractivity contribution is 7.86. The van der Waals surface area contributed by atoms with Crippen molar-refractivity contribution in [2.75, 3.05) is 38.9 Å². The summed E-state index contributed by atoms with van der Waals surface area (Å²) < 4.78 is 65.3. The molecule has 1 saturated carbocycles. The highest BCUT2D eigenvalue weighted by Gasteiger charge is 2.49. The summed E-state index contributed by atoms with van der Waals surface area (Å²) >= 11 is 0. The van der Waals surface area contributed by atoms with E-state index >= 15 is 0 Å². The van der Waals surface area contributed by atoms with Crippen molar-refractivity contribution in [3.8, 4) is 0 Å². The maximum atomic E-state index is 11.1. The second kappa shape index (κ2) is 6.09. The van der Waals surface area contributed by atoms with Crippen LogP contribution in [0.15, 0.2) is 0 Å². The lowest BCUT2D eigenvalue weighted by molar-refractivity contribution is -0.155. The first kappa shape index (κ1) is 17.1. The lowest BCUT2D eigenvalue weighted by Gasteiger charge is -2.21. The molecule has 124 valence electrons. The molecule has 0 bridgehead atoms. The fourth-order valence-corrected chi connectivity index (χ4v) is 3.60. The molecule has 1 saturated heterocycles. The van der Waals surface area contributed by atoms with Gasteiger partial charge in [0.1, 0.15) is 0 Å². The summed E-state index contributed by atoms with van der Waals surface area (Å²) in [5.41, 5.74) is 0. The largest absolute Gasteiger partial charge is 0.348 e. The Balaban J connectivity index is 2.02. The lowest BCUT2D eigenvalue weighted by atomic mass is 9.98. The first-order valence-corrected chi connectivity index (χ1v) is 10.2. The second-order valence-electron chi connectivity index (χ2n) is 5.51. The van der Waals surface area contributed by atoms with Gasteiger partial charge >= 0.3 is 0 Å². The Labute approximate surface area is 124 Å². The average Bonchev–Trinajstić information content (AvgIpc) is 2.91. The molecule has 0 aromatic rings. The molecule has 1 spiro atoms. The molecule has 8 nitrogen and oxygen atoms in total. The van der Waals surface area contributed by atoms with Crippen molar-refractivity contribution in [3.05, 3.63) is 0 Å². The highest BCUT2D eigenvalue weighted by Crippen LogP contribution is 2.45. The van der Waals surface area contributed by atoms with Crippen LogP contribution >= 0.6 is 0 Å². The number of ether oxygens (including phenoxy) is 2. The zero-order valence-electron chi connectivity index (χ0n) is 12.0. The lowest BCUT2D eigenvalue weighted by Crippen LogP contribution is -2.27. The summed E-state index contributed by atoms with van der Waals surface area (Å²) in [6, 6.07) is 0. The molecule has 0 amide bonds. The molecular weight excluding hydrogens is 324 g/mol. The minimum Gasteiger partial charge on any atom is -0.348 e. The van der Waals surface area contributed by atoms with Crippen LogP contribution < -0.4 is 0 Å². The smallest absolute Gasteiger partial charge is 0.264 e. The normalized spacial score (nSPS) is 29.2. The Morgan fingerprint density at radius 2 is 1.29 bits per heavy atom. The summed E-state index contributed by atoms with van der Waals surface area (Å²) in [5.74, 6) is -1.18. The van der Waals surface area contributed by atoms with Crippen LogP contribution in [-0.4, -0.2) is 61.6 Å². The number of rotatable bonds is 6. The number of hydrogen-bond donors (Lipinski definition) is 0. The van der Waals surface area contributed by atoms with Gasteiger partial charge in [0.2, 0.25) is 0 Å². The van der Waals surface area contributed by atoms with E-state index < -0.39 is 26.0 Å². The van der Waals surface area contributed by atoms with E-state index in [0.29, 0.717) is 26.1 Å². The van der Waals surface area contributed by atoms with Gasteiger partial charge in [-0.25, -0.2) is 0 Å². The molecule has 2 aliphatic rings. The van der Waals surface area contributed by atoms with E-state index in [9.17, 15) is 16.8 Å². The van der Waals surface area contributed by atoms with Gasteiger partial charge in [0, 0.05) is 12.8 Å². The SMILES string of the molecule is CS(=O)(=O)OC[C@@H]1CC2(C[C@@H]1COS(C)(=O)=O)OCCO2. The molecule has 10 heteroatoms. The third-order valence-electron chi connectivity index (χ3n) is 3.62. The molecule has 1 heterocycles. The van der Waals surface area contributed by atoms with Crippen molar-refractivity contribution in [2.45, 2.75) is 18.6 Å². The molecule has 1 aliphatic carbocycles. The molecule has 0 unspecified atom stereocenters. The molecule has 1 aliphatic heterocycles. The van der Waals surface area contributed by atoms with Crippen LogP contribution in [0.5, 0.6) is 0 Å². The Morgan fingerprint density at radius 1 is 0.905 bits per heavy atom. The van der Waals surface area contributed by atoms with E-state index in [4.69, 9.17) is 17.8 Å². The van der Waals surface area contributed by atoms with E-state index in [1.54, 1.807) is 0 Å². The zero-order valence-corrected chi connectivity index (χ0v) is 13.6. The molecule has 0 radical (unpaired) electrons. The van der Waals surface area contributed by atoms with Crippen LogP contribution in [0, 0.1) is 11.8 Å². The maximum absolute atomic E-state index is 11.1. The summed E-state index contributed by atoms with van der Waals surface area (Å²) in [5, 5.41) is 0. The molecule has 2 fully saturated rings. The first-order valence-electron chi connectivity index (χ1n) is 6.55. The zero-order chi connectivity index (χ0) is 15.7. The second-order valence-corrected chi connectivity index (χ2v) is 8.80. The summed E-state index contributed by atoms with van der Waals surface area (Å²) in [6.45, 7) is 0.870. The van der Waals surface area contributed by atoms with Crippen molar-refractivity contribution >= 4 is 20.2 Å². The molecule has 0 N–H and O–H groups in total. The molecule has 0 aromatic heterocycles. The summed E-state index contributed by atoms with van der Waals surface area (Å²) in [6.07, 6.45) is 2.87. The summed E-state index contributed by atoms with van der Waals surface area (Å²) in [4.78, 5) is 0. The molecule has 21 heavy (non-hydrogen) atoms. The van der Waals surface area contributed by atoms with Crippen molar-refractivity contribution in [3.63, 3.8) is 0 Å². The molecule has 2 rings (SSSR count). The predicted molar refractivity (Wildman–Crippen MR) is 72.4 cm³/mol. The van der Waals surface area contributed by atoms with Gasteiger partial charge in [-0.05, 0) is 11.8 Å². The van der Waals surface area contributed by atoms with E-state index in [0.717, 1.165) is 12.5 Å². The van der Waals surface area contributed by atoms with Crippen molar-refractivity contribution in [1.29, 1.82) is 0 Å². The molecule has 2 atom stereocenters. The Hall–Kier alpha value is -0.260. The van der Waals surface area contributed by atoms with E-state index in [2.05, 4.69) is 0 Å². The Morgan fingerprint density at radius 3 is 1.62 bits per heavy atom. The Bertz CT molecular complexity index is 515. The van der Waals surface area contributed by atoms with Gasteiger partial charge in [0.15, 0.2) is 5.79 Å². The van der Waals surface area contributed by atoms with Gasteiger partial charge in [0.05, 0.1) is 38.9 Å². The van der Waals surface area contributed by atoms with Gasteiger partial charge in [-0.15, -0.1) is 0 Å². The summed E-state index contributed by atoms with van der Waals surface area (Å²) in [7, 11) is -7.11. The third-order valence-corrected chi connectivity index (χ3v) is 4.75. The van der Waals surface area contributed by atoms with E-state index in [1.165, 1.54) is 0 Å². The van der Waals surface area contributed by atoms with Crippen LogP contribution in [0.25, 0.3) is 0 Å². The van der Waals surface area contributed by atoms with Gasteiger partial charge in [-0.1, -0.05) is 0 Å². The Kier molecular flexibility index (Phi) is 4.96. The van der Waals surface area contributed by atoms with Gasteiger partial charge < -0.3 is 9.47 Å². The van der Waals surface area contributed by atoms with E-state index in [1.807, 2.05) is 0 Å². The fraction of sp³-hybridized carbons (Fsp3) is 1.00. The monoisotopic (exact) mass is 344 g/mol. The highest BCUT2D eigenvalue weighted by atomic mass is 32.2. The van der Waals surface area contributed by atoms with Crippen molar-refractivity contribution < 1.29 is 34.7 Å². The van der Waals surface area contributed by atoms with Crippen molar-refractivity contribution in [2.24, 2.45) is 11.8 Å². The van der Waals surface area contributed by atoms with Gasteiger partial charge in [0.25, 0.3) is 20.2 Å². The first-order chi connectivity index (χ1) is 9.59. The minimum absolute atomic E-state index is 0.0366. The predicted octanol–water partition coefficient (Wildman–Crippen LogP) is -0.292. The van der Waals surface area contributed by atoms with Gasteiger partial charge in [-0.3, -0.25) is 8.37 Å². The maximum Gasteiger partial charge on any atom is 0.264 e. The number of hydrogen-bond acceptors (Lipinski definition) is 8. The minimum atomic E-state index is -3.55. The molecular formula is C11H20O8S2. The average molecular weight is 344 g/mol. The van der Waals surface area contributed by atoms with Crippen LogP contribution in [0.3, 0.4) is 0 Å². The van der Waals surface area contributed by atoms with E-state index in [-0.39, 0.29) is 25.0 Å². The standard InChI is InChI=1S/C11H20O8S2/c1-20(12,13)18-7-9-5-11(16-3-4-17-11)6-10(9)8-19-21(2,14)15/h9-10H,3-8H2,1-2H3/t9-,10+. The van der Waals surface area contributed by atoms with Crippen LogP contribution in [0.4, 0.5) is 0 Å². The fourth-order valence-electron chi connectivity index (χ4n) is 2.76.